The molecule has 1 aromatic carbocycles. The Morgan fingerprint density at radius 1 is 1.29 bits per heavy atom. The topological polar surface area (TPSA) is 110 Å². The highest BCUT2D eigenvalue weighted by Gasteiger charge is 2.13. The van der Waals surface area contributed by atoms with Gasteiger partial charge in [-0.1, -0.05) is 15.9 Å². The summed E-state index contributed by atoms with van der Waals surface area (Å²) in [5.74, 6) is 0.376. The van der Waals surface area contributed by atoms with E-state index in [0.29, 0.717) is 31.7 Å². The van der Waals surface area contributed by atoms with Crippen LogP contribution in [-0.2, 0) is 0 Å². The van der Waals surface area contributed by atoms with Crippen molar-refractivity contribution in [1.82, 2.24) is 0 Å². The number of hydrogen-bond donors (Lipinski definition) is 2. The first-order valence-corrected chi connectivity index (χ1v) is 7.37. The summed E-state index contributed by atoms with van der Waals surface area (Å²) in [6.07, 6.45) is 1.74. The van der Waals surface area contributed by atoms with Crippen LogP contribution in [0.1, 0.15) is 23.2 Å². The Balaban J connectivity index is 0.000000690. The Labute approximate surface area is 130 Å². The zero-order valence-corrected chi connectivity index (χ0v) is 13.0. The number of carbonyl (C=O) groups excluding carboxylic acids is 1. The number of alkyl halides is 1. The molecular formula is C13H18BrNO6. The number of carbonyl (C=O) groups is 1. The summed E-state index contributed by atoms with van der Waals surface area (Å²) < 4.78 is 5.18. The van der Waals surface area contributed by atoms with Gasteiger partial charge in [0.25, 0.3) is 5.69 Å². The van der Waals surface area contributed by atoms with Gasteiger partial charge in [0.05, 0.1) is 17.1 Å². The first-order valence-electron chi connectivity index (χ1n) is 6.24. The number of halogens is 1. The van der Waals surface area contributed by atoms with Crippen molar-refractivity contribution in [3.05, 3.63) is 33.9 Å². The smallest absolute Gasteiger partial charge is 0.280 e. The lowest BCUT2D eigenvalue weighted by molar-refractivity contribution is -0.385. The molecular weight excluding hydrogens is 346 g/mol. The van der Waals surface area contributed by atoms with Gasteiger partial charge in [0, 0.05) is 31.0 Å². The Bertz CT molecular complexity index is 439. The molecule has 0 bridgehead atoms. The summed E-state index contributed by atoms with van der Waals surface area (Å²) >= 11 is 3.15. The molecule has 0 amide bonds. The number of ether oxygens (including phenoxy) is 1. The molecule has 1 rings (SSSR count). The Morgan fingerprint density at radius 2 is 1.95 bits per heavy atom. The van der Waals surface area contributed by atoms with Gasteiger partial charge in [-0.25, -0.2) is 0 Å². The molecule has 118 valence electrons. The van der Waals surface area contributed by atoms with Gasteiger partial charge >= 0.3 is 0 Å². The molecule has 0 aliphatic heterocycles. The molecule has 0 unspecified atom stereocenters. The van der Waals surface area contributed by atoms with Crippen LogP contribution in [0.3, 0.4) is 0 Å². The maximum absolute atomic E-state index is 10.6. The first-order chi connectivity index (χ1) is 10.1. The lowest BCUT2D eigenvalue weighted by Gasteiger charge is -2.05. The lowest BCUT2D eigenvalue weighted by Crippen LogP contribution is -2.01. The molecule has 7 nitrogen and oxygen atoms in total. The van der Waals surface area contributed by atoms with Crippen LogP contribution in [0, 0.1) is 10.1 Å². The van der Waals surface area contributed by atoms with Crippen molar-refractivity contribution in [2.45, 2.75) is 12.8 Å². The number of nitro benzene ring substituents is 1. The Kier molecular flexibility index (Phi) is 11.4. The third kappa shape index (κ3) is 8.38. The number of aldehydes is 1. The molecule has 0 spiro atoms. The third-order valence-electron chi connectivity index (χ3n) is 2.19. The van der Waals surface area contributed by atoms with E-state index in [-0.39, 0.29) is 17.9 Å². The minimum atomic E-state index is -0.624. The molecule has 1 aromatic rings. The average molecular weight is 364 g/mol. The van der Waals surface area contributed by atoms with E-state index >= 15 is 0 Å². The highest BCUT2D eigenvalue weighted by molar-refractivity contribution is 9.09. The van der Waals surface area contributed by atoms with Gasteiger partial charge in [-0.15, -0.1) is 0 Å². The van der Waals surface area contributed by atoms with E-state index in [0.717, 1.165) is 11.8 Å². The molecule has 0 aliphatic carbocycles. The van der Waals surface area contributed by atoms with E-state index in [9.17, 15) is 14.9 Å². The molecule has 8 heteroatoms. The predicted molar refractivity (Wildman–Crippen MR) is 81.2 cm³/mol. The molecule has 0 fully saturated rings. The average Bonchev–Trinajstić information content (AvgIpc) is 2.48. The van der Waals surface area contributed by atoms with Gasteiger partial charge in [-0.3, -0.25) is 14.9 Å². The van der Waals surface area contributed by atoms with Crippen LogP contribution in [0.15, 0.2) is 18.2 Å². The number of nitro groups is 1. The molecule has 0 saturated carbocycles. The third-order valence-corrected chi connectivity index (χ3v) is 2.75. The van der Waals surface area contributed by atoms with Crippen molar-refractivity contribution >= 4 is 27.9 Å². The SMILES string of the molecule is O=Cc1cc(OCCCO)ccc1[N+](=O)[O-].OCCCBr. The molecule has 21 heavy (non-hydrogen) atoms. The van der Waals surface area contributed by atoms with Gasteiger partial charge in [0.15, 0.2) is 6.29 Å². The Hall–Kier alpha value is -1.51. The lowest BCUT2D eigenvalue weighted by atomic mass is 10.2. The number of hydrogen-bond acceptors (Lipinski definition) is 6. The summed E-state index contributed by atoms with van der Waals surface area (Å²) in [5.41, 5.74) is -0.268. The van der Waals surface area contributed by atoms with Crippen LogP contribution in [0.2, 0.25) is 0 Å². The van der Waals surface area contributed by atoms with Crippen molar-refractivity contribution in [2.24, 2.45) is 0 Å². The van der Waals surface area contributed by atoms with E-state index in [1.165, 1.54) is 18.2 Å². The van der Waals surface area contributed by atoms with Crippen molar-refractivity contribution in [1.29, 1.82) is 0 Å². The predicted octanol–water partition coefficient (Wildman–Crippen LogP) is 1.93. The maximum Gasteiger partial charge on any atom is 0.280 e. The Morgan fingerprint density at radius 3 is 2.38 bits per heavy atom. The highest BCUT2D eigenvalue weighted by Crippen LogP contribution is 2.22. The normalized spacial score (nSPS) is 9.48. The van der Waals surface area contributed by atoms with E-state index in [2.05, 4.69) is 15.9 Å². The van der Waals surface area contributed by atoms with Crippen molar-refractivity contribution < 1.29 is 24.7 Å². The number of aliphatic hydroxyl groups excluding tert-OH is 2. The summed E-state index contributed by atoms with van der Waals surface area (Å²) in [7, 11) is 0. The van der Waals surface area contributed by atoms with Crippen molar-refractivity contribution in [3.8, 4) is 5.75 Å². The summed E-state index contributed by atoms with van der Waals surface area (Å²) in [5, 5.41) is 28.0. The monoisotopic (exact) mass is 363 g/mol. The largest absolute Gasteiger partial charge is 0.493 e. The second kappa shape index (κ2) is 12.2. The van der Waals surface area contributed by atoms with Gasteiger partial charge in [0.2, 0.25) is 0 Å². The van der Waals surface area contributed by atoms with Gasteiger partial charge in [-0.05, 0) is 18.6 Å². The maximum atomic E-state index is 10.6. The van der Waals surface area contributed by atoms with Gasteiger partial charge < -0.3 is 14.9 Å². The fourth-order valence-electron chi connectivity index (χ4n) is 1.20. The summed E-state index contributed by atoms with van der Waals surface area (Å²) in [6.45, 7) is 0.603. The van der Waals surface area contributed by atoms with Gasteiger partial charge in [0.1, 0.15) is 5.75 Å². The number of benzene rings is 1. The van der Waals surface area contributed by atoms with Crippen LogP contribution >= 0.6 is 15.9 Å². The summed E-state index contributed by atoms with van der Waals surface area (Å²) in [6, 6.07) is 3.95. The molecule has 0 heterocycles. The van der Waals surface area contributed by atoms with E-state index in [4.69, 9.17) is 14.9 Å². The molecule has 0 radical (unpaired) electrons. The zero-order chi connectivity index (χ0) is 16.1. The molecule has 0 aliphatic rings. The second-order valence-corrected chi connectivity index (χ2v) is 4.58. The fraction of sp³-hybridized carbons (Fsp3) is 0.462. The summed E-state index contributed by atoms with van der Waals surface area (Å²) in [4.78, 5) is 20.5. The fourth-order valence-corrected chi connectivity index (χ4v) is 1.45. The number of aliphatic hydroxyl groups is 2. The quantitative estimate of drug-likeness (QED) is 0.240. The van der Waals surface area contributed by atoms with Crippen LogP contribution in [0.4, 0.5) is 5.69 Å². The molecule has 0 atom stereocenters. The van der Waals surface area contributed by atoms with Crippen LogP contribution in [0.5, 0.6) is 5.75 Å². The van der Waals surface area contributed by atoms with Crippen molar-refractivity contribution in [2.75, 3.05) is 25.2 Å². The van der Waals surface area contributed by atoms with Crippen molar-refractivity contribution in [3.63, 3.8) is 0 Å². The van der Waals surface area contributed by atoms with E-state index in [1.54, 1.807) is 0 Å². The van der Waals surface area contributed by atoms with E-state index in [1.807, 2.05) is 0 Å². The first kappa shape index (κ1) is 19.5. The van der Waals surface area contributed by atoms with Crippen LogP contribution < -0.4 is 4.74 Å². The minimum Gasteiger partial charge on any atom is -0.493 e. The molecule has 2 N–H and O–H groups in total. The highest BCUT2D eigenvalue weighted by atomic mass is 79.9. The van der Waals surface area contributed by atoms with Gasteiger partial charge in [-0.2, -0.15) is 0 Å². The molecule has 0 saturated heterocycles. The zero-order valence-electron chi connectivity index (χ0n) is 11.4. The second-order valence-electron chi connectivity index (χ2n) is 3.79. The minimum absolute atomic E-state index is 0.00746. The van der Waals surface area contributed by atoms with E-state index < -0.39 is 4.92 Å². The van der Waals surface area contributed by atoms with Crippen LogP contribution in [-0.4, -0.2) is 46.6 Å². The molecule has 0 aromatic heterocycles. The number of rotatable bonds is 8. The van der Waals surface area contributed by atoms with Crippen LogP contribution in [0.25, 0.3) is 0 Å². The standard InChI is InChI=1S/C10H11NO5.C3H7BrO/c12-4-1-5-16-9-2-3-10(11(14)15)8(6-9)7-13;4-2-1-3-5/h2-3,6-7,12H,1,4-5H2;5H,1-3H2. The number of nitrogens with zero attached hydrogens (tertiary/aromatic N) is 1.